The van der Waals surface area contributed by atoms with Crippen molar-refractivity contribution in [3.05, 3.63) is 35.4 Å². The summed E-state index contributed by atoms with van der Waals surface area (Å²) in [5.74, 6) is 0. The Hall–Kier alpha value is -0.860. The first-order valence-corrected chi connectivity index (χ1v) is 7.09. The molecule has 2 heteroatoms. The van der Waals surface area contributed by atoms with E-state index in [0.29, 0.717) is 6.10 Å². The molecule has 1 aromatic rings. The molecular formula is C16H24O2. The third kappa shape index (κ3) is 4.43. The average Bonchev–Trinajstić information content (AvgIpc) is 2.40. The SMILES string of the molecule is Cc1ccc(CC(O)CCC2CCCCO2)cc1. The molecule has 0 spiro atoms. The largest absolute Gasteiger partial charge is 0.393 e. The second-order valence-corrected chi connectivity index (χ2v) is 5.41. The Bertz CT molecular complexity index is 339. The van der Waals surface area contributed by atoms with Crippen LogP contribution in [-0.2, 0) is 11.2 Å². The fourth-order valence-electron chi connectivity index (χ4n) is 2.51. The molecule has 1 N–H and O–H groups in total. The summed E-state index contributed by atoms with van der Waals surface area (Å²) >= 11 is 0. The maximum Gasteiger partial charge on any atom is 0.0581 e. The number of rotatable bonds is 5. The Kier molecular flexibility index (Phi) is 5.21. The van der Waals surface area contributed by atoms with Crippen molar-refractivity contribution in [2.24, 2.45) is 0 Å². The van der Waals surface area contributed by atoms with Crippen molar-refractivity contribution in [3.8, 4) is 0 Å². The third-order valence-corrected chi connectivity index (χ3v) is 3.69. The molecule has 0 aromatic heterocycles. The van der Waals surface area contributed by atoms with Crippen molar-refractivity contribution in [1.82, 2.24) is 0 Å². The van der Waals surface area contributed by atoms with Gasteiger partial charge in [0.05, 0.1) is 12.2 Å². The molecule has 0 amide bonds. The van der Waals surface area contributed by atoms with Crippen LogP contribution in [0.1, 0.15) is 43.2 Å². The molecule has 0 saturated carbocycles. The van der Waals surface area contributed by atoms with Gasteiger partial charge in [0.2, 0.25) is 0 Å². The van der Waals surface area contributed by atoms with Crippen molar-refractivity contribution in [2.45, 2.75) is 57.7 Å². The highest BCUT2D eigenvalue weighted by Crippen LogP contribution is 2.19. The molecule has 2 atom stereocenters. The molecule has 1 heterocycles. The van der Waals surface area contributed by atoms with Gasteiger partial charge in [-0.25, -0.2) is 0 Å². The van der Waals surface area contributed by atoms with Crippen LogP contribution in [0, 0.1) is 6.92 Å². The lowest BCUT2D eigenvalue weighted by atomic mass is 9.99. The fraction of sp³-hybridized carbons (Fsp3) is 0.625. The molecule has 0 radical (unpaired) electrons. The molecule has 1 fully saturated rings. The van der Waals surface area contributed by atoms with Gasteiger partial charge in [-0.15, -0.1) is 0 Å². The Balaban J connectivity index is 1.71. The number of aryl methyl sites for hydroxylation is 1. The first-order chi connectivity index (χ1) is 8.74. The summed E-state index contributed by atoms with van der Waals surface area (Å²) in [5.41, 5.74) is 2.49. The zero-order valence-corrected chi connectivity index (χ0v) is 11.3. The van der Waals surface area contributed by atoms with Gasteiger partial charge in [0.25, 0.3) is 0 Å². The van der Waals surface area contributed by atoms with Crippen molar-refractivity contribution < 1.29 is 9.84 Å². The van der Waals surface area contributed by atoms with Crippen LogP contribution < -0.4 is 0 Å². The number of hydrogen-bond donors (Lipinski definition) is 1. The van der Waals surface area contributed by atoms with Crippen LogP contribution in [0.2, 0.25) is 0 Å². The minimum absolute atomic E-state index is 0.238. The van der Waals surface area contributed by atoms with E-state index in [1.165, 1.54) is 24.0 Å². The zero-order valence-electron chi connectivity index (χ0n) is 11.3. The van der Waals surface area contributed by atoms with Gasteiger partial charge in [-0.1, -0.05) is 29.8 Å². The Morgan fingerprint density at radius 2 is 2.06 bits per heavy atom. The van der Waals surface area contributed by atoms with Crippen LogP contribution >= 0.6 is 0 Å². The van der Waals surface area contributed by atoms with Crippen LogP contribution in [0.4, 0.5) is 0 Å². The van der Waals surface area contributed by atoms with Crippen LogP contribution in [0.5, 0.6) is 0 Å². The molecule has 0 aliphatic carbocycles. The molecule has 1 saturated heterocycles. The van der Waals surface area contributed by atoms with E-state index in [9.17, 15) is 5.11 Å². The van der Waals surface area contributed by atoms with Gasteiger partial charge >= 0.3 is 0 Å². The molecule has 18 heavy (non-hydrogen) atoms. The smallest absolute Gasteiger partial charge is 0.0581 e. The summed E-state index contributed by atoms with van der Waals surface area (Å²) in [7, 11) is 0. The predicted molar refractivity (Wildman–Crippen MR) is 73.7 cm³/mol. The lowest BCUT2D eigenvalue weighted by molar-refractivity contribution is 0.00234. The average molecular weight is 248 g/mol. The van der Waals surface area contributed by atoms with Gasteiger partial charge in [0.1, 0.15) is 0 Å². The molecule has 1 aromatic carbocycles. The molecule has 2 rings (SSSR count). The summed E-state index contributed by atoms with van der Waals surface area (Å²) in [4.78, 5) is 0. The summed E-state index contributed by atoms with van der Waals surface area (Å²) in [6, 6.07) is 8.42. The topological polar surface area (TPSA) is 29.5 Å². The monoisotopic (exact) mass is 248 g/mol. The fourth-order valence-corrected chi connectivity index (χ4v) is 2.51. The minimum Gasteiger partial charge on any atom is -0.393 e. The molecule has 1 aliphatic rings. The number of aliphatic hydroxyl groups excluding tert-OH is 1. The minimum atomic E-state index is -0.238. The van der Waals surface area contributed by atoms with Crippen molar-refractivity contribution >= 4 is 0 Å². The van der Waals surface area contributed by atoms with Crippen LogP contribution in [0.25, 0.3) is 0 Å². The van der Waals surface area contributed by atoms with E-state index in [2.05, 4.69) is 31.2 Å². The molecule has 0 bridgehead atoms. The Morgan fingerprint density at radius 1 is 1.28 bits per heavy atom. The van der Waals surface area contributed by atoms with E-state index in [-0.39, 0.29) is 6.10 Å². The van der Waals surface area contributed by atoms with Gasteiger partial charge in [-0.3, -0.25) is 0 Å². The third-order valence-electron chi connectivity index (χ3n) is 3.69. The molecule has 2 unspecified atom stereocenters. The van der Waals surface area contributed by atoms with Gasteiger partial charge in [-0.2, -0.15) is 0 Å². The van der Waals surface area contributed by atoms with Crippen LogP contribution in [0.15, 0.2) is 24.3 Å². The molecular weight excluding hydrogens is 224 g/mol. The highest BCUT2D eigenvalue weighted by atomic mass is 16.5. The van der Waals surface area contributed by atoms with E-state index in [1.54, 1.807) is 0 Å². The number of benzene rings is 1. The van der Waals surface area contributed by atoms with E-state index in [0.717, 1.165) is 32.3 Å². The van der Waals surface area contributed by atoms with Crippen molar-refractivity contribution in [3.63, 3.8) is 0 Å². The second-order valence-electron chi connectivity index (χ2n) is 5.41. The first kappa shape index (κ1) is 13.6. The zero-order chi connectivity index (χ0) is 12.8. The Labute approximate surface area is 110 Å². The highest BCUT2D eigenvalue weighted by Gasteiger charge is 2.15. The van der Waals surface area contributed by atoms with Crippen molar-refractivity contribution in [2.75, 3.05) is 6.61 Å². The molecule has 100 valence electrons. The van der Waals surface area contributed by atoms with E-state index in [4.69, 9.17) is 4.74 Å². The van der Waals surface area contributed by atoms with Crippen LogP contribution in [0.3, 0.4) is 0 Å². The van der Waals surface area contributed by atoms with Gasteiger partial charge < -0.3 is 9.84 Å². The maximum absolute atomic E-state index is 10.0. The summed E-state index contributed by atoms with van der Waals surface area (Å²) < 4.78 is 5.68. The van der Waals surface area contributed by atoms with E-state index in [1.807, 2.05) is 0 Å². The van der Waals surface area contributed by atoms with Gasteiger partial charge in [0.15, 0.2) is 0 Å². The number of aliphatic hydroxyl groups is 1. The number of ether oxygens (including phenoxy) is 1. The standard InChI is InChI=1S/C16H24O2/c1-13-5-7-14(8-6-13)12-15(17)9-10-16-4-2-3-11-18-16/h5-8,15-17H,2-4,9-12H2,1H3. The van der Waals surface area contributed by atoms with Crippen LogP contribution in [-0.4, -0.2) is 23.9 Å². The van der Waals surface area contributed by atoms with Gasteiger partial charge in [-0.05, 0) is 51.0 Å². The summed E-state index contributed by atoms with van der Waals surface area (Å²) in [5, 5.41) is 10.0. The molecule has 1 aliphatic heterocycles. The lowest BCUT2D eigenvalue weighted by Crippen LogP contribution is -2.21. The Morgan fingerprint density at radius 3 is 2.72 bits per heavy atom. The second kappa shape index (κ2) is 6.91. The first-order valence-electron chi connectivity index (χ1n) is 7.09. The van der Waals surface area contributed by atoms with Gasteiger partial charge in [0, 0.05) is 6.61 Å². The quantitative estimate of drug-likeness (QED) is 0.866. The normalized spacial score (nSPS) is 21.8. The van der Waals surface area contributed by atoms with E-state index < -0.39 is 0 Å². The summed E-state index contributed by atoms with van der Waals surface area (Å²) in [6.45, 7) is 2.99. The molecule has 2 nitrogen and oxygen atoms in total. The highest BCUT2D eigenvalue weighted by molar-refractivity contribution is 5.21. The maximum atomic E-state index is 10.0. The van der Waals surface area contributed by atoms with E-state index >= 15 is 0 Å². The predicted octanol–water partition coefficient (Wildman–Crippen LogP) is 3.25. The van der Waals surface area contributed by atoms with Crippen molar-refractivity contribution in [1.29, 1.82) is 0 Å². The number of hydrogen-bond acceptors (Lipinski definition) is 2. The lowest BCUT2D eigenvalue weighted by Gasteiger charge is -2.23. The summed E-state index contributed by atoms with van der Waals surface area (Å²) in [6.07, 6.45) is 6.38.